The number of aryl methyl sites for hydroxylation is 1. The Labute approximate surface area is 76.6 Å². The van der Waals surface area contributed by atoms with Crippen molar-refractivity contribution in [3.05, 3.63) is 18.1 Å². The minimum atomic E-state index is -0.0729. The van der Waals surface area contributed by atoms with Crippen molar-refractivity contribution in [3.63, 3.8) is 0 Å². The second kappa shape index (κ2) is 4.39. The molecule has 0 spiro atoms. The normalized spacial score (nSPS) is 9.38. The van der Waals surface area contributed by atoms with Gasteiger partial charge < -0.3 is 10.6 Å². The van der Waals surface area contributed by atoms with E-state index in [1.165, 1.54) is 0 Å². The molecule has 1 rings (SSSR count). The monoisotopic (exact) mass is 180 g/mol. The molecule has 5 nitrogen and oxygen atoms in total. The first kappa shape index (κ1) is 9.44. The van der Waals surface area contributed by atoms with E-state index in [9.17, 15) is 4.79 Å². The van der Waals surface area contributed by atoms with Gasteiger partial charge in [0.2, 0.25) is 5.91 Å². The van der Waals surface area contributed by atoms with Gasteiger partial charge in [-0.15, -0.1) is 0 Å². The average molecular weight is 180 g/mol. The van der Waals surface area contributed by atoms with E-state index < -0.39 is 0 Å². The number of likely N-dealkylation sites (N-methyl/N-ethyl adjacent to an activating group) is 1. The molecule has 13 heavy (non-hydrogen) atoms. The largest absolute Gasteiger partial charge is 0.361 e. The van der Waals surface area contributed by atoms with Gasteiger partial charge in [0.25, 0.3) is 0 Å². The lowest BCUT2D eigenvalue weighted by atomic mass is 10.5. The third-order valence-electron chi connectivity index (χ3n) is 1.48. The van der Waals surface area contributed by atoms with Gasteiger partial charge in [-0.2, -0.15) is 0 Å². The number of nitrogens with one attached hydrogen (secondary N) is 2. The predicted octanol–water partition coefficient (Wildman–Crippen LogP) is -0.0571. The second-order valence-corrected chi connectivity index (χ2v) is 2.52. The highest BCUT2D eigenvalue weighted by atomic mass is 16.1. The summed E-state index contributed by atoms with van der Waals surface area (Å²) in [7, 11) is 1.59. The molecule has 0 saturated heterocycles. The summed E-state index contributed by atoms with van der Waals surface area (Å²) in [5.41, 5.74) is 0. The third-order valence-corrected chi connectivity index (χ3v) is 1.48. The van der Waals surface area contributed by atoms with E-state index in [0.29, 0.717) is 11.6 Å². The molecule has 0 bridgehead atoms. The molecule has 0 aromatic carbocycles. The van der Waals surface area contributed by atoms with Crippen molar-refractivity contribution in [2.24, 2.45) is 0 Å². The summed E-state index contributed by atoms with van der Waals surface area (Å²) in [5.74, 6) is 1.27. The molecule has 1 amide bonds. The summed E-state index contributed by atoms with van der Waals surface area (Å²) in [4.78, 5) is 18.9. The molecule has 0 saturated carbocycles. The first-order valence-corrected chi connectivity index (χ1v) is 3.96. The van der Waals surface area contributed by atoms with E-state index in [-0.39, 0.29) is 12.5 Å². The lowest BCUT2D eigenvalue weighted by Crippen LogP contribution is -2.26. The molecule has 1 heterocycles. The topological polar surface area (TPSA) is 66.9 Å². The summed E-state index contributed by atoms with van der Waals surface area (Å²) in [6, 6.07) is 1.72. The molecular weight excluding hydrogens is 168 g/mol. The number of rotatable bonds is 3. The molecule has 0 unspecified atom stereocenters. The van der Waals surface area contributed by atoms with Gasteiger partial charge in [0.15, 0.2) is 0 Å². The predicted molar refractivity (Wildman–Crippen MR) is 49.3 cm³/mol. The van der Waals surface area contributed by atoms with Gasteiger partial charge >= 0.3 is 0 Å². The Morgan fingerprint density at radius 1 is 1.62 bits per heavy atom. The Balaban J connectivity index is 2.50. The molecule has 0 fully saturated rings. The van der Waals surface area contributed by atoms with Crippen molar-refractivity contribution in [3.8, 4) is 0 Å². The van der Waals surface area contributed by atoms with Crippen LogP contribution in [-0.4, -0.2) is 29.5 Å². The first-order valence-electron chi connectivity index (χ1n) is 3.96. The maximum atomic E-state index is 10.9. The molecule has 1 aromatic heterocycles. The summed E-state index contributed by atoms with van der Waals surface area (Å²) in [6.07, 6.45) is 1.65. The van der Waals surface area contributed by atoms with E-state index >= 15 is 0 Å². The number of hydrogen-bond acceptors (Lipinski definition) is 4. The van der Waals surface area contributed by atoms with Gasteiger partial charge in [-0.05, 0) is 13.0 Å². The van der Waals surface area contributed by atoms with Crippen LogP contribution in [0.5, 0.6) is 0 Å². The van der Waals surface area contributed by atoms with Crippen LogP contribution in [0.1, 0.15) is 5.82 Å². The van der Waals surface area contributed by atoms with Crippen LogP contribution in [0.15, 0.2) is 12.3 Å². The van der Waals surface area contributed by atoms with Crippen LogP contribution in [0.3, 0.4) is 0 Å². The molecule has 0 aliphatic carbocycles. The highest BCUT2D eigenvalue weighted by Crippen LogP contribution is 1.99. The van der Waals surface area contributed by atoms with Gasteiger partial charge in [-0.3, -0.25) is 4.79 Å². The van der Waals surface area contributed by atoms with Gasteiger partial charge in [0.1, 0.15) is 11.6 Å². The molecule has 0 aliphatic rings. The minimum absolute atomic E-state index is 0.0729. The standard InChI is InChI=1S/C8H12N4O/c1-6-10-4-3-7(12-6)11-5-8(13)9-2/h3-4H,5H2,1-2H3,(H,9,13)(H,10,11,12). The van der Waals surface area contributed by atoms with Crippen LogP contribution < -0.4 is 10.6 Å². The molecular formula is C8H12N4O. The third kappa shape index (κ3) is 3.06. The zero-order chi connectivity index (χ0) is 9.68. The Kier molecular flexibility index (Phi) is 3.19. The Bertz CT molecular complexity index is 300. The van der Waals surface area contributed by atoms with Gasteiger partial charge in [0, 0.05) is 13.2 Å². The second-order valence-electron chi connectivity index (χ2n) is 2.52. The maximum Gasteiger partial charge on any atom is 0.239 e. The van der Waals surface area contributed by atoms with Crippen molar-refractivity contribution in [2.75, 3.05) is 18.9 Å². The number of nitrogens with zero attached hydrogens (tertiary/aromatic N) is 2. The number of hydrogen-bond donors (Lipinski definition) is 2. The fourth-order valence-corrected chi connectivity index (χ4v) is 0.814. The summed E-state index contributed by atoms with van der Waals surface area (Å²) in [6.45, 7) is 2.03. The number of amides is 1. The average Bonchev–Trinajstić information content (AvgIpc) is 2.14. The Morgan fingerprint density at radius 2 is 2.38 bits per heavy atom. The van der Waals surface area contributed by atoms with E-state index in [1.807, 2.05) is 0 Å². The summed E-state index contributed by atoms with van der Waals surface area (Å²) < 4.78 is 0. The molecule has 5 heteroatoms. The summed E-state index contributed by atoms with van der Waals surface area (Å²) in [5, 5.41) is 5.38. The number of carbonyl (C=O) groups is 1. The number of aromatic nitrogens is 2. The van der Waals surface area contributed by atoms with E-state index in [0.717, 1.165) is 0 Å². The highest BCUT2D eigenvalue weighted by Gasteiger charge is 1.98. The van der Waals surface area contributed by atoms with E-state index in [4.69, 9.17) is 0 Å². The lowest BCUT2D eigenvalue weighted by Gasteiger charge is -2.03. The Morgan fingerprint density at radius 3 is 3.00 bits per heavy atom. The quantitative estimate of drug-likeness (QED) is 0.684. The van der Waals surface area contributed by atoms with Crippen LogP contribution in [0.4, 0.5) is 5.82 Å². The van der Waals surface area contributed by atoms with Crippen LogP contribution in [-0.2, 0) is 4.79 Å². The van der Waals surface area contributed by atoms with Crippen LogP contribution >= 0.6 is 0 Å². The zero-order valence-corrected chi connectivity index (χ0v) is 7.66. The molecule has 0 aliphatic heterocycles. The van der Waals surface area contributed by atoms with Crippen molar-refractivity contribution in [1.29, 1.82) is 0 Å². The minimum Gasteiger partial charge on any atom is -0.361 e. The summed E-state index contributed by atoms with van der Waals surface area (Å²) >= 11 is 0. The first-order chi connectivity index (χ1) is 6.22. The van der Waals surface area contributed by atoms with E-state index in [1.54, 1.807) is 26.2 Å². The van der Waals surface area contributed by atoms with Crippen molar-refractivity contribution >= 4 is 11.7 Å². The molecule has 1 aromatic rings. The van der Waals surface area contributed by atoms with Crippen molar-refractivity contribution in [1.82, 2.24) is 15.3 Å². The number of carbonyl (C=O) groups excluding carboxylic acids is 1. The zero-order valence-electron chi connectivity index (χ0n) is 7.66. The fourth-order valence-electron chi connectivity index (χ4n) is 0.814. The van der Waals surface area contributed by atoms with Crippen molar-refractivity contribution in [2.45, 2.75) is 6.92 Å². The highest BCUT2D eigenvalue weighted by molar-refractivity contribution is 5.79. The fraction of sp³-hybridized carbons (Fsp3) is 0.375. The Hall–Kier alpha value is -1.65. The maximum absolute atomic E-state index is 10.9. The van der Waals surface area contributed by atoms with Gasteiger partial charge in [-0.25, -0.2) is 9.97 Å². The number of anilines is 1. The molecule has 0 radical (unpaired) electrons. The van der Waals surface area contributed by atoms with Gasteiger partial charge in [-0.1, -0.05) is 0 Å². The lowest BCUT2D eigenvalue weighted by molar-refractivity contribution is -0.118. The molecule has 70 valence electrons. The van der Waals surface area contributed by atoms with E-state index in [2.05, 4.69) is 20.6 Å². The van der Waals surface area contributed by atoms with Crippen molar-refractivity contribution < 1.29 is 4.79 Å². The molecule has 2 N–H and O–H groups in total. The van der Waals surface area contributed by atoms with Crippen LogP contribution in [0.25, 0.3) is 0 Å². The van der Waals surface area contributed by atoms with Crippen LogP contribution in [0, 0.1) is 6.92 Å². The SMILES string of the molecule is CNC(=O)CNc1ccnc(C)n1. The van der Waals surface area contributed by atoms with Crippen LogP contribution in [0.2, 0.25) is 0 Å². The van der Waals surface area contributed by atoms with Gasteiger partial charge in [0.05, 0.1) is 6.54 Å². The molecule has 0 atom stereocenters. The smallest absolute Gasteiger partial charge is 0.239 e.